The Balaban J connectivity index is 2.19. The molecule has 1 heterocycles. The number of benzene rings is 1. The average Bonchev–Trinajstić information content (AvgIpc) is 2.39. The first-order chi connectivity index (χ1) is 8.70. The van der Waals surface area contributed by atoms with Gasteiger partial charge in [-0.3, -0.25) is 9.19 Å². The molecular formula is C14H16N2OS. The lowest BCUT2D eigenvalue weighted by molar-refractivity contribution is 0.682. The fourth-order valence-electron chi connectivity index (χ4n) is 1.77. The van der Waals surface area contributed by atoms with Crippen LogP contribution in [0.15, 0.2) is 47.5 Å². The Bertz CT molecular complexity index is 569. The minimum Gasteiger partial charge on any atom is -0.325 e. The van der Waals surface area contributed by atoms with Gasteiger partial charge in [-0.15, -0.1) is 0 Å². The Morgan fingerprint density at radius 1 is 1.28 bits per heavy atom. The first kappa shape index (κ1) is 12.9. The summed E-state index contributed by atoms with van der Waals surface area (Å²) in [6.07, 6.45) is 1.71. The SMILES string of the molecule is Cc1ccccc1S(=O)Cc1ccnc(CN)c1. The van der Waals surface area contributed by atoms with Crippen molar-refractivity contribution in [2.24, 2.45) is 5.73 Å². The van der Waals surface area contributed by atoms with E-state index in [0.717, 1.165) is 21.7 Å². The molecule has 0 amide bonds. The third kappa shape index (κ3) is 3.03. The van der Waals surface area contributed by atoms with Gasteiger partial charge in [0.1, 0.15) is 0 Å². The largest absolute Gasteiger partial charge is 0.325 e. The van der Waals surface area contributed by atoms with Crippen LogP contribution in [0.2, 0.25) is 0 Å². The number of rotatable bonds is 4. The van der Waals surface area contributed by atoms with E-state index in [2.05, 4.69) is 4.98 Å². The Morgan fingerprint density at radius 3 is 2.78 bits per heavy atom. The minimum atomic E-state index is -1.02. The Hall–Kier alpha value is -1.52. The van der Waals surface area contributed by atoms with Crippen LogP contribution in [0.1, 0.15) is 16.8 Å². The summed E-state index contributed by atoms with van der Waals surface area (Å²) < 4.78 is 12.3. The zero-order chi connectivity index (χ0) is 13.0. The number of hydrogen-bond acceptors (Lipinski definition) is 3. The van der Waals surface area contributed by atoms with E-state index in [-0.39, 0.29) is 0 Å². The normalized spacial score (nSPS) is 12.3. The Morgan fingerprint density at radius 2 is 2.06 bits per heavy atom. The molecule has 2 aromatic rings. The van der Waals surface area contributed by atoms with Crippen LogP contribution in [0, 0.1) is 6.92 Å². The second-order valence-corrected chi connectivity index (χ2v) is 5.53. The van der Waals surface area contributed by atoms with Crippen LogP contribution in [0.5, 0.6) is 0 Å². The van der Waals surface area contributed by atoms with Crippen LogP contribution < -0.4 is 5.73 Å². The second kappa shape index (κ2) is 5.89. The third-order valence-corrected chi connectivity index (χ3v) is 4.27. The van der Waals surface area contributed by atoms with Crippen molar-refractivity contribution >= 4 is 10.8 Å². The molecule has 0 aliphatic carbocycles. The zero-order valence-electron chi connectivity index (χ0n) is 10.3. The average molecular weight is 260 g/mol. The van der Waals surface area contributed by atoms with Crippen LogP contribution in [-0.2, 0) is 23.1 Å². The molecule has 4 heteroatoms. The van der Waals surface area contributed by atoms with Crippen LogP contribution >= 0.6 is 0 Å². The first-order valence-corrected chi connectivity index (χ1v) is 7.10. The van der Waals surface area contributed by atoms with Gasteiger partial charge in [0, 0.05) is 17.6 Å². The van der Waals surface area contributed by atoms with E-state index >= 15 is 0 Å². The molecule has 18 heavy (non-hydrogen) atoms. The molecular weight excluding hydrogens is 244 g/mol. The lowest BCUT2D eigenvalue weighted by Gasteiger charge is -2.06. The van der Waals surface area contributed by atoms with Crippen LogP contribution in [-0.4, -0.2) is 9.19 Å². The molecule has 0 bridgehead atoms. The van der Waals surface area contributed by atoms with Gasteiger partial charge in [0.2, 0.25) is 0 Å². The van der Waals surface area contributed by atoms with Gasteiger partial charge in [-0.1, -0.05) is 18.2 Å². The number of nitrogens with zero attached hydrogens (tertiary/aromatic N) is 1. The van der Waals surface area contributed by atoms with Crippen molar-refractivity contribution in [3.8, 4) is 0 Å². The molecule has 2 rings (SSSR count). The molecule has 1 aromatic heterocycles. The summed E-state index contributed by atoms with van der Waals surface area (Å²) >= 11 is 0. The number of aryl methyl sites for hydroxylation is 1. The highest BCUT2D eigenvalue weighted by Gasteiger charge is 2.08. The predicted molar refractivity (Wildman–Crippen MR) is 73.4 cm³/mol. The van der Waals surface area contributed by atoms with E-state index in [1.807, 2.05) is 43.3 Å². The van der Waals surface area contributed by atoms with Gasteiger partial charge in [-0.2, -0.15) is 0 Å². The topological polar surface area (TPSA) is 56.0 Å². The van der Waals surface area contributed by atoms with Crippen LogP contribution in [0.25, 0.3) is 0 Å². The van der Waals surface area contributed by atoms with Gasteiger partial charge in [0.05, 0.1) is 22.2 Å². The molecule has 1 unspecified atom stereocenters. The Labute approximate surface area is 110 Å². The maximum absolute atomic E-state index is 12.3. The summed E-state index contributed by atoms with van der Waals surface area (Å²) in [5, 5.41) is 0. The molecule has 2 N–H and O–H groups in total. The van der Waals surface area contributed by atoms with Crippen molar-refractivity contribution in [1.82, 2.24) is 4.98 Å². The lowest BCUT2D eigenvalue weighted by Crippen LogP contribution is -2.03. The van der Waals surface area contributed by atoms with Crippen molar-refractivity contribution < 1.29 is 4.21 Å². The predicted octanol–water partition coefficient (Wildman–Crippen LogP) is 2.16. The smallest absolute Gasteiger partial charge is 0.0576 e. The molecule has 0 fully saturated rings. The quantitative estimate of drug-likeness (QED) is 0.916. The van der Waals surface area contributed by atoms with Crippen molar-refractivity contribution in [2.45, 2.75) is 24.1 Å². The Kier molecular flexibility index (Phi) is 4.23. The van der Waals surface area contributed by atoms with E-state index in [1.54, 1.807) is 6.20 Å². The van der Waals surface area contributed by atoms with Crippen molar-refractivity contribution in [3.63, 3.8) is 0 Å². The fourth-order valence-corrected chi connectivity index (χ4v) is 3.07. The number of pyridine rings is 1. The summed E-state index contributed by atoms with van der Waals surface area (Å²) in [7, 11) is -1.02. The molecule has 1 atom stereocenters. The molecule has 94 valence electrons. The van der Waals surface area contributed by atoms with E-state index < -0.39 is 10.8 Å². The minimum absolute atomic E-state index is 0.408. The monoisotopic (exact) mass is 260 g/mol. The fraction of sp³-hybridized carbons (Fsp3) is 0.214. The van der Waals surface area contributed by atoms with Gasteiger partial charge >= 0.3 is 0 Å². The summed E-state index contributed by atoms with van der Waals surface area (Å²) in [6.45, 7) is 2.38. The highest BCUT2D eigenvalue weighted by Crippen LogP contribution is 2.16. The summed E-state index contributed by atoms with van der Waals surface area (Å²) in [5.74, 6) is 0.500. The molecule has 1 aromatic carbocycles. The van der Waals surface area contributed by atoms with Gasteiger partial charge in [-0.25, -0.2) is 0 Å². The highest BCUT2D eigenvalue weighted by molar-refractivity contribution is 7.84. The van der Waals surface area contributed by atoms with E-state index in [4.69, 9.17) is 5.73 Å². The van der Waals surface area contributed by atoms with E-state index in [0.29, 0.717) is 12.3 Å². The summed E-state index contributed by atoms with van der Waals surface area (Å²) in [6, 6.07) is 11.6. The number of hydrogen-bond donors (Lipinski definition) is 1. The van der Waals surface area contributed by atoms with Gasteiger partial charge < -0.3 is 5.73 Å². The maximum atomic E-state index is 12.3. The van der Waals surface area contributed by atoms with Crippen LogP contribution in [0.3, 0.4) is 0 Å². The van der Waals surface area contributed by atoms with Crippen molar-refractivity contribution in [2.75, 3.05) is 0 Å². The van der Waals surface area contributed by atoms with Crippen LogP contribution in [0.4, 0.5) is 0 Å². The standard InChI is InChI=1S/C14H16N2OS/c1-11-4-2-3-5-14(11)18(17)10-12-6-7-16-13(8-12)9-15/h2-8H,9-10,15H2,1H3. The number of nitrogens with two attached hydrogens (primary N) is 1. The zero-order valence-corrected chi connectivity index (χ0v) is 11.1. The van der Waals surface area contributed by atoms with E-state index in [1.165, 1.54) is 0 Å². The van der Waals surface area contributed by atoms with Gasteiger partial charge in [0.15, 0.2) is 0 Å². The summed E-state index contributed by atoms with van der Waals surface area (Å²) in [4.78, 5) is 5.02. The molecule has 0 aliphatic heterocycles. The third-order valence-electron chi connectivity index (χ3n) is 2.73. The second-order valence-electron chi connectivity index (χ2n) is 4.11. The summed E-state index contributed by atoms with van der Waals surface area (Å²) in [5.41, 5.74) is 8.44. The molecule has 0 aliphatic rings. The molecule has 0 saturated carbocycles. The van der Waals surface area contributed by atoms with E-state index in [9.17, 15) is 4.21 Å². The molecule has 0 spiro atoms. The molecule has 0 radical (unpaired) electrons. The van der Waals surface area contributed by atoms with Gasteiger partial charge in [0.25, 0.3) is 0 Å². The van der Waals surface area contributed by atoms with Gasteiger partial charge in [-0.05, 0) is 36.2 Å². The lowest BCUT2D eigenvalue weighted by atomic mass is 10.2. The number of aromatic nitrogens is 1. The van der Waals surface area contributed by atoms with Crippen molar-refractivity contribution in [3.05, 3.63) is 59.4 Å². The highest BCUT2D eigenvalue weighted by atomic mass is 32.2. The maximum Gasteiger partial charge on any atom is 0.0576 e. The van der Waals surface area contributed by atoms with Crippen molar-refractivity contribution in [1.29, 1.82) is 0 Å². The first-order valence-electron chi connectivity index (χ1n) is 5.78. The molecule has 0 saturated heterocycles. The molecule has 3 nitrogen and oxygen atoms in total.